The first-order chi connectivity index (χ1) is 19.8. The van der Waals surface area contributed by atoms with Crippen LogP contribution in [0.3, 0.4) is 0 Å². The van der Waals surface area contributed by atoms with Crippen molar-refractivity contribution in [1.29, 1.82) is 0 Å². The summed E-state index contributed by atoms with van der Waals surface area (Å²) in [6.45, 7) is 10.3. The highest BCUT2D eigenvalue weighted by molar-refractivity contribution is 5.78. The van der Waals surface area contributed by atoms with Crippen LogP contribution in [0.4, 0.5) is 10.5 Å². The van der Waals surface area contributed by atoms with Crippen molar-refractivity contribution in [2.45, 2.75) is 71.2 Å². The summed E-state index contributed by atoms with van der Waals surface area (Å²) in [5.74, 6) is 0.764. The summed E-state index contributed by atoms with van der Waals surface area (Å²) in [6.07, 6.45) is 9.95. The molecular weight excluding hydrogens is 514 g/mol. The number of aromatic nitrogens is 5. The molecule has 212 valence electrons. The summed E-state index contributed by atoms with van der Waals surface area (Å²) in [7, 11) is 0. The van der Waals surface area contributed by atoms with E-state index in [0.717, 1.165) is 66.4 Å². The molecule has 2 bridgehead atoms. The van der Waals surface area contributed by atoms with E-state index in [1.54, 1.807) is 6.20 Å². The molecule has 1 aromatic carbocycles. The lowest BCUT2D eigenvalue weighted by Crippen LogP contribution is -2.56. The number of ether oxygens (including phenoxy) is 1. The number of nitrogens with zero attached hydrogens (tertiary/aromatic N) is 7. The van der Waals surface area contributed by atoms with Gasteiger partial charge in [-0.15, -0.1) is 0 Å². The SMILES string of the molecule is CCn1cc(-c2ccnc(Cc3ccc(N4CC5CCC(C4)N5C(=O)OC(C)(C)C)cc3)n2)c(-c2cccnc2)n1. The molecule has 2 aliphatic heterocycles. The number of piperazine rings is 1. The Morgan fingerprint density at radius 1 is 1.02 bits per heavy atom. The zero-order chi connectivity index (χ0) is 28.6. The van der Waals surface area contributed by atoms with Crippen molar-refractivity contribution in [1.82, 2.24) is 29.6 Å². The van der Waals surface area contributed by atoms with Gasteiger partial charge >= 0.3 is 6.09 Å². The average Bonchev–Trinajstić information content (AvgIpc) is 3.52. The summed E-state index contributed by atoms with van der Waals surface area (Å²) >= 11 is 0. The molecule has 0 radical (unpaired) electrons. The van der Waals surface area contributed by atoms with Gasteiger partial charge in [-0.05, 0) is 76.4 Å². The van der Waals surface area contributed by atoms with E-state index in [1.807, 2.05) is 67.1 Å². The highest BCUT2D eigenvalue weighted by atomic mass is 16.6. The van der Waals surface area contributed by atoms with E-state index in [1.165, 1.54) is 5.69 Å². The Balaban J connectivity index is 1.15. The topological polar surface area (TPSA) is 89.3 Å². The number of fused-ring (bicyclic) bond motifs is 2. The van der Waals surface area contributed by atoms with Crippen molar-refractivity contribution in [3.63, 3.8) is 0 Å². The fourth-order valence-electron chi connectivity index (χ4n) is 5.85. The van der Waals surface area contributed by atoms with Gasteiger partial charge in [0.25, 0.3) is 0 Å². The van der Waals surface area contributed by atoms with Gasteiger partial charge in [-0.2, -0.15) is 5.10 Å². The van der Waals surface area contributed by atoms with Crippen LogP contribution >= 0.6 is 0 Å². The van der Waals surface area contributed by atoms with Gasteiger partial charge in [0.15, 0.2) is 0 Å². The first-order valence-electron chi connectivity index (χ1n) is 14.4. The van der Waals surface area contributed by atoms with Crippen molar-refractivity contribution in [3.05, 3.63) is 78.6 Å². The molecule has 9 nitrogen and oxygen atoms in total. The van der Waals surface area contributed by atoms with Crippen LogP contribution in [-0.4, -0.2) is 66.5 Å². The van der Waals surface area contributed by atoms with Crippen molar-refractivity contribution in [3.8, 4) is 22.5 Å². The summed E-state index contributed by atoms with van der Waals surface area (Å²) in [4.78, 5) is 31.0. The monoisotopic (exact) mass is 551 g/mol. The zero-order valence-electron chi connectivity index (χ0n) is 24.2. The first-order valence-corrected chi connectivity index (χ1v) is 14.4. The first kappa shape index (κ1) is 26.9. The molecule has 6 rings (SSSR count). The number of rotatable bonds is 6. The van der Waals surface area contributed by atoms with Crippen LogP contribution in [0, 0.1) is 0 Å². The van der Waals surface area contributed by atoms with Crippen LogP contribution in [0.25, 0.3) is 22.5 Å². The molecule has 9 heteroatoms. The van der Waals surface area contributed by atoms with Crippen LogP contribution in [0.2, 0.25) is 0 Å². The van der Waals surface area contributed by atoms with Crippen LogP contribution in [0.1, 0.15) is 51.9 Å². The van der Waals surface area contributed by atoms with E-state index in [9.17, 15) is 4.79 Å². The quantitative estimate of drug-likeness (QED) is 0.308. The molecule has 4 aromatic rings. The van der Waals surface area contributed by atoms with Crippen molar-refractivity contribution in [2.75, 3.05) is 18.0 Å². The Morgan fingerprint density at radius 3 is 2.44 bits per heavy atom. The molecule has 1 amide bonds. The van der Waals surface area contributed by atoms with Crippen molar-refractivity contribution >= 4 is 11.8 Å². The molecule has 2 saturated heterocycles. The molecule has 3 aromatic heterocycles. The molecule has 0 saturated carbocycles. The minimum absolute atomic E-state index is 0.183. The minimum Gasteiger partial charge on any atom is -0.444 e. The number of aryl methyl sites for hydroxylation is 1. The number of carbonyl (C=O) groups excluding carboxylic acids is 1. The van der Waals surface area contributed by atoms with E-state index in [-0.39, 0.29) is 18.2 Å². The Labute approximate surface area is 241 Å². The molecule has 2 unspecified atom stereocenters. The highest BCUT2D eigenvalue weighted by Gasteiger charge is 2.44. The molecule has 2 fully saturated rings. The van der Waals surface area contributed by atoms with Crippen LogP contribution in [-0.2, 0) is 17.7 Å². The van der Waals surface area contributed by atoms with Crippen LogP contribution < -0.4 is 4.90 Å². The lowest BCUT2D eigenvalue weighted by Gasteiger charge is -2.42. The minimum atomic E-state index is -0.480. The molecule has 5 heterocycles. The maximum absolute atomic E-state index is 12.8. The third-order valence-corrected chi connectivity index (χ3v) is 7.75. The number of anilines is 1. The Hall–Kier alpha value is -4.27. The van der Waals surface area contributed by atoms with Gasteiger partial charge in [-0.25, -0.2) is 14.8 Å². The maximum Gasteiger partial charge on any atom is 0.410 e. The van der Waals surface area contributed by atoms with E-state index in [0.29, 0.717) is 6.42 Å². The number of amides is 1. The van der Waals surface area contributed by atoms with E-state index >= 15 is 0 Å². The predicted octanol–water partition coefficient (Wildman–Crippen LogP) is 5.60. The van der Waals surface area contributed by atoms with E-state index in [4.69, 9.17) is 14.8 Å². The van der Waals surface area contributed by atoms with Gasteiger partial charge in [-0.1, -0.05) is 12.1 Å². The Morgan fingerprint density at radius 2 is 1.78 bits per heavy atom. The predicted molar refractivity (Wildman–Crippen MR) is 159 cm³/mol. The number of hydrogen-bond donors (Lipinski definition) is 0. The largest absolute Gasteiger partial charge is 0.444 e. The van der Waals surface area contributed by atoms with Gasteiger partial charge in [0, 0.05) is 67.7 Å². The Kier molecular flexibility index (Phi) is 7.19. The fourth-order valence-corrected chi connectivity index (χ4v) is 5.85. The number of pyridine rings is 1. The molecule has 0 aliphatic carbocycles. The van der Waals surface area contributed by atoms with Crippen molar-refractivity contribution in [2.24, 2.45) is 0 Å². The Bertz CT molecular complexity index is 1500. The van der Waals surface area contributed by atoms with Crippen LogP contribution in [0.5, 0.6) is 0 Å². The second-order valence-electron chi connectivity index (χ2n) is 11.9. The molecule has 0 N–H and O–H groups in total. The summed E-state index contributed by atoms with van der Waals surface area (Å²) in [5.41, 5.74) is 5.50. The lowest BCUT2D eigenvalue weighted by molar-refractivity contribution is 0.0123. The number of benzene rings is 1. The number of carbonyl (C=O) groups is 1. The third kappa shape index (κ3) is 5.80. The van der Waals surface area contributed by atoms with Gasteiger partial charge < -0.3 is 9.64 Å². The van der Waals surface area contributed by atoms with Crippen molar-refractivity contribution < 1.29 is 9.53 Å². The third-order valence-electron chi connectivity index (χ3n) is 7.75. The van der Waals surface area contributed by atoms with Gasteiger partial charge in [-0.3, -0.25) is 14.6 Å². The summed E-state index contributed by atoms with van der Waals surface area (Å²) in [5, 5.41) is 4.77. The van der Waals surface area contributed by atoms with E-state index < -0.39 is 5.60 Å². The molecule has 0 spiro atoms. The van der Waals surface area contributed by atoms with E-state index in [2.05, 4.69) is 46.1 Å². The van der Waals surface area contributed by atoms with Gasteiger partial charge in [0.05, 0.1) is 17.8 Å². The second-order valence-corrected chi connectivity index (χ2v) is 11.9. The van der Waals surface area contributed by atoms with Gasteiger partial charge in [0.1, 0.15) is 17.1 Å². The second kappa shape index (κ2) is 11.0. The summed E-state index contributed by atoms with van der Waals surface area (Å²) in [6, 6.07) is 14.9. The molecular formula is C32H37N7O2. The number of hydrogen-bond acceptors (Lipinski definition) is 7. The highest BCUT2D eigenvalue weighted by Crippen LogP contribution is 2.34. The molecule has 2 aliphatic rings. The summed E-state index contributed by atoms with van der Waals surface area (Å²) < 4.78 is 7.62. The van der Waals surface area contributed by atoms with Crippen LogP contribution in [0.15, 0.2) is 67.3 Å². The van der Waals surface area contributed by atoms with Gasteiger partial charge in [0.2, 0.25) is 0 Å². The normalized spacial score (nSPS) is 18.5. The maximum atomic E-state index is 12.8. The lowest BCUT2D eigenvalue weighted by atomic mass is 10.1. The zero-order valence-corrected chi connectivity index (χ0v) is 24.2. The average molecular weight is 552 g/mol. The molecule has 2 atom stereocenters. The smallest absolute Gasteiger partial charge is 0.410 e. The standard InChI is InChI=1S/C32H37N7O2/c1-5-38-21-27(30(36-38)23-7-6-15-33-18-23)28-14-16-34-29(35-28)17-22-8-10-24(11-9-22)37-19-25-12-13-26(20-37)39(25)31(40)41-32(2,3)4/h6-11,14-16,18,21,25-26H,5,12-13,17,19-20H2,1-4H3. The molecule has 41 heavy (non-hydrogen) atoms. The fraction of sp³-hybridized carbons (Fsp3) is 0.406.